The van der Waals surface area contributed by atoms with Gasteiger partial charge in [-0.1, -0.05) is 78.9 Å². The van der Waals surface area contributed by atoms with Crippen LogP contribution >= 0.6 is 0 Å². The average Bonchev–Trinajstić information content (AvgIpc) is 3.37. The molecule has 0 fully saturated rings. The number of carbonyl (C=O) groups excluding carboxylic acids is 2. The molecule has 6 nitrogen and oxygen atoms in total. The lowest BCUT2D eigenvalue weighted by Crippen LogP contribution is -2.31. The molecule has 0 unspecified atom stereocenters. The lowest BCUT2D eigenvalue weighted by molar-refractivity contribution is -0.130. The number of nitrogens with zero attached hydrogens (tertiary/aromatic N) is 2. The third-order valence-electron chi connectivity index (χ3n) is 7.35. The van der Waals surface area contributed by atoms with E-state index in [-0.39, 0.29) is 18.4 Å². The summed E-state index contributed by atoms with van der Waals surface area (Å²) in [6.45, 7) is 3.45. The van der Waals surface area contributed by atoms with Crippen LogP contribution in [0.2, 0.25) is 0 Å². The summed E-state index contributed by atoms with van der Waals surface area (Å²) in [5.41, 5.74) is 5.87. The van der Waals surface area contributed by atoms with Crippen molar-refractivity contribution in [2.45, 2.75) is 32.9 Å². The van der Waals surface area contributed by atoms with Crippen molar-refractivity contribution in [2.24, 2.45) is 0 Å². The molecule has 214 valence electrons. The Labute approximate surface area is 247 Å². The Morgan fingerprint density at radius 1 is 0.786 bits per heavy atom. The first-order valence-electron chi connectivity index (χ1n) is 14.3. The number of carbonyl (C=O) groups is 2. The average molecular weight is 561 g/mol. The van der Waals surface area contributed by atoms with Crippen LogP contribution in [0.3, 0.4) is 0 Å². The fraction of sp³-hybridized carbons (Fsp3) is 0.222. The van der Waals surface area contributed by atoms with Gasteiger partial charge in [0, 0.05) is 25.2 Å². The van der Waals surface area contributed by atoms with Crippen LogP contribution in [0.1, 0.15) is 39.5 Å². The monoisotopic (exact) mass is 560 g/mol. The maximum atomic E-state index is 13.3. The molecule has 1 amide bonds. The second-order valence-corrected chi connectivity index (χ2v) is 10.4. The second-order valence-electron chi connectivity index (χ2n) is 10.4. The van der Waals surface area contributed by atoms with Gasteiger partial charge < -0.3 is 18.9 Å². The fourth-order valence-electron chi connectivity index (χ4n) is 5.05. The van der Waals surface area contributed by atoms with E-state index in [1.54, 1.807) is 24.0 Å². The van der Waals surface area contributed by atoms with E-state index in [9.17, 15) is 9.59 Å². The first-order valence-corrected chi connectivity index (χ1v) is 14.3. The molecule has 0 saturated heterocycles. The third kappa shape index (κ3) is 7.07. The molecule has 0 spiro atoms. The second kappa shape index (κ2) is 13.7. The molecule has 0 radical (unpaired) electrons. The summed E-state index contributed by atoms with van der Waals surface area (Å²) >= 11 is 0. The molecule has 0 saturated carbocycles. The predicted octanol–water partition coefficient (Wildman–Crippen LogP) is 6.69. The van der Waals surface area contributed by atoms with E-state index in [4.69, 9.17) is 9.47 Å². The smallest absolute Gasteiger partial charge is 0.338 e. The minimum absolute atomic E-state index is 0.0452. The summed E-state index contributed by atoms with van der Waals surface area (Å²) in [6, 6.07) is 33.8. The first kappa shape index (κ1) is 28.7. The maximum Gasteiger partial charge on any atom is 0.338 e. The molecule has 6 heteroatoms. The largest absolute Gasteiger partial charge is 0.488 e. The van der Waals surface area contributed by atoms with Crippen molar-refractivity contribution in [1.29, 1.82) is 0 Å². The van der Waals surface area contributed by atoms with Crippen LogP contribution in [-0.2, 0) is 35.5 Å². The Bertz CT molecular complexity index is 1630. The van der Waals surface area contributed by atoms with Gasteiger partial charge in [-0.15, -0.1) is 0 Å². The van der Waals surface area contributed by atoms with Gasteiger partial charge in [0.25, 0.3) is 0 Å². The van der Waals surface area contributed by atoms with E-state index in [2.05, 4.69) is 18.3 Å². The number of benzene rings is 4. The molecular weight excluding hydrogens is 524 g/mol. The van der Waals surface area contributed by atoms with Crippen LogP contribution in [-0.4, -0.2) is 41.5 Å². The molecule has 0 N–H and O–H groups in total. The highest BCUT2D eigenvalue weighted by molar-refractivity contribution is 5.92. The van der Waals surface area contributed by atoms with Crippen molar-refractivity contribution in [3.63, 3.8) is 0 Å². The summed E-state index contributed by atoms with van der Waals surface area (Å²) in [5, 5.41) is 0.989. The molecule has 0 aliphatic carbocycles. The Hall–Kier alpha value is -4.84. The summed E-state index contributed by atoms with van der Waals surface area (Å²) in [4.78, 5) is 27.3. The summed E-state index contributed by atoms with van der Waals surface area (Å²) < 4.78 is 13.5. The van der Waals surface area contributed by atoms with E-state index in [1.165, 1.54) is 5.56 Å². The van der Waals surface area contributed by atoms with Gasteiger partial charge in [0.15, 0.2) is 0 Å². The first-order chi connectivity index (χ1) is 20.5. The van der Waals surface area contributed by atoms with Crippen LogP contribution in [0.25, 0.3) is 10.9 Å². The Morgan fingerprint density at radius 2 is 1.48 bits per heavy atom. The molecule has 0 atom stereocenters. The number of amides is 1. The third-order valence-corrected chi connectivity index (χ3v) is 7.35. The van der Waals surface area contributed by atoms with Gasteiger partial charge in [0.1, 0.15) is 18.9 Å². The number of fused-ring (bicyclic) bond motifs is 1. The van der Waals surface area contributed by atoms with Gasteiger partial charge in [-0.05, 0) is 66.3 Å². The lowest BCUT2D eigenvalue weighted by atomic mass is 10.0. The van der Waals surface area contributed by atoms with Crippen LogP contribution < -0.4 is 4.74 Å². The zero-order chi connectivity index (χ0) is 29.3. The van der Waals surface area contributed by atoms with Gasteiger partial charge in [-0.25, -0.2) is 4.79 Å². The number of likely N-dealkylation sites (N-methyl/N-ethyl adjacent to an activating group) is 1. The van der Waals surface area contributed by atoms with Gasteiger partial charge in [0.05, 0.1) is 17.7 Å². The highest BCUT2D eigenvalue weighted by Gasteiger charge is 2.18. The number of hydrogen-bond acceptors (Lipinski definition) is 4. The number of hydrogen-bond donors (Lipinski definition) is 0. The van der Waals surface area contributed by atoms with Crippen molar-refractivity contribution in [3.8, 4) is 5.75 Å². The molecule has 5 aromatic rings. The zero-order valence-corrected chi connectivity index (χ0v) is 24.2. The standard InChI is InChI=1S/C36H36N2O4/c1-3-41-36(40)30-19-17-28(18-20-30)23-31-24-38(25-34(39)37(2)22-21-27-11-6-4-7-12-27)32-15-10-16-33(35(31)32)42-26-29-13-8-5-9-14-29/h4-20,24H,3,21-23,25-26H2,1-2H3. The molecule has 0 aliphatic heterocycles. The summed E-state index contributed by atoms with van der Waals surface area (Å²) in [7, 11) is 1.86. The van der Waals surface area contributed by atoms with Crippen molar-refractivity contribution in [2.75, 3.05) is 20.2 Å². The maximum absolute atomic E-state index is 13.3. The zero-order valence-electron chi connectivity index (χ0n) is 24.2. The summed E-state index contributed by atoms with van der Waals surface area (Å²) in [5.74, 6) is 0.494. The van der Waals surface area contributed by atoms with Gasteiger partial charge in [-0.2, -0.15) is 0 Å². The fourth-order valence-corrected chi connectivity index (χ4v) is 5.05. The predicted molar refractivity (Wildman–Crippen MR) is 166 cm³/mol. The molecule has 0 bridgehead atoms. The molecule has 5 rings (SSSR count). The molecule has 1 aromatic heterocycles. The topological polar surface area (TPSA) is 60.8 Å². The Morgan fingerprint density at radius 3 is 2.17 bits per heavy atom. The van der Waals surface area contributed by atoms with Crippen LogP contribution in [0.15, 0.2) is 109 Å². The minimum Gasteiger partial charge on any atom is -0.488 e. The van der Waals surface area contributed by atoms with Crippen LogP contribution in [0.5, 0.6) is 5.75 Å². The van der Waals surface area contributed by atoms with Crippen molar-refractivity contribution in [1.82, 2.24) is 9.47 Å². The van der Waals surface area contributed by atoms with Crippen molar-refractivity contribution >= 4 is 22.8 Å². The SMILES string of the molecule is CCOC(=O)c1ccc(Cc2cn(CC(=O)N(C)CCc3ccccc3)c3cccc(OCc4ccccc4)c23)cc1. The molecule has 42 heavy (non-hydrogen) atoms. The lowest BCUT2D eigenvalue weighted by Gasteiger charge is -2.18. The molecule has 0 aliphatic rings. The van der Waals surface area contributed by atoms with E-state index in [0.29, 0.717) is 31.7 Å². The minimum atomic E-state index is -0.327. The van der Waals surface area contributed by atoms with Crippen molar-refractivity contribution in [3.05, 3.63) is 137 Å². The van der Waals surface area contributed by atoms with Gasteiger partial charge in [-0.3, -0.25) is 4.79 Å². The van der Waals surface area contributed by atoms with Gasteiger partial charge in [0.2, 0.25) is 5.91 Å². The van der Waals surface area contributed by atoms with E-state index >= 15 is 0 Å². The van der Waals surface area contributed by atoms with Crippen LogP contribution in [0, 0.1) is 0 Å². The number of rotatable bonds is 12. The van der Waals surface area contributed by atoms with Gasteiger partial charge >= 0.3 is 5.97 Å². The van der Waals surface area contributed by atoms with Crippen LogP contribution in [0.4, 0.5) is 0 Å². The van der Waals surface area contributed by atoms with E-state index < -0.39 is 0 Å². The number of aromatic nitrogens is 1. The number of ether oxygens (including phenoxy) is 2. The number of esters is 1. The highest BCUT2D eigenvalue weighted by atomic mass is 16.5. The Balaban J connectivity index is 1.41. The van der Waals surface area contributed by atoms with E-state index in [1.807, 2.05) is 90.5 Å². The molecule has 1 heterocycles. The Kier molecular flexibility index (Phi) is 9.34. The van der Waals surface area contributed by atoms with Crippen molar-refractivity contribution < 1.29 is 19.1 Å². The molecule has 4 aromatic carbocycles. The molecular formula is C36H36N2O4. The highest BCUT2D eigenvalue weighted by Crippen LogP contribution is 2.33. The quantitative estimate of drug-likeness (QED) is 0.160. The van der Waals surface area contributed by atoms with E-state index in [0.717, 1.165) is 39.8 Å². The summed E-state index contributed by atoms with van der Waals surface area (Å²) in [6.07, 6.45) is 3.48. The normalized spacial score (nSPS) is 10.9.